The number of fused-ring (bicyclic) bond motifs is 1. The van der Waals surface area contributed by atoms with E-state index in [0.717, 1.165) is 29.8 Å². The number of carbonyl (C=O) groups excluding carboxylic acids is 1. The van der Waals surface area contributed by atoms with Gasteiger partial charge < -0.3 is 9.88 Å². The molecule has 2 aromatic carbocycles. The minimum absolute atomic E-state index is 0.222. The maximum Gasteiger partial charge on any atom is 0.251 e. The van der Waals surface area contributed by atoms with E-state index in [0.29, 0.717) is 12.1 Å². The zero-order valence-corrected chi connectivity index (χ0v) is 17.9. The Hall–Kier alpha value is -2.69. The second-order valence-electron chi connectivity index (χ2n) is 7.83. The SMILES string of the molecule is CCCCCCCCCCn1c(CNC(=O)c2ccc(F)cc2)nc2ccccc21. The minimum atomic E-state index is -0.348. The van der Waals surface area contributed by atoms with E-state index < -0.39 is 0 Å². The average molecular weight is 410 g/mol. The van der Waals surface area contributed by atoms with Crippen molar-refractivity contribution in [2.24, 2.45) is 0 Å². The highest BCUT2D eigenvalue weighted by atomic mass is 19.1. The van der Waals surface area contributed by atoms with Crippen LogP contribution < -0.4 is 5.32 Å². The lowest BCUT2D eigenvalue weighted by molar-refractivity contribution is 0.0949. The largest absolute Gasteiger partial charge is 0.345 e. The van der Waals surface area contributed by atoms with Gasteiger partial charge in [0.2, 0.25) is 0 Å². The van der Waals surface area contributed by atoms with Crippen molar-refractivity contribution < 1.29 is 9.18 Å². The van der Waals surface area contributed by atoms with Crippen LogP contribution in [0.15, 0.2) is 48.5 Å². The quantitative estimate of drug-likeness (QED) is 0.360. The lowest BCUT2D eigenvalue weighted by atomic mass is 10.1. The number of rotatable bonds is 12. The van der Waals surface area contributed by atoms with Crippen LogP contribution in [0.2, 0.25) is 0 Å². The van der Waals surface area contributed by atoms with Gasteiger partial charge in [-0.05, 0) is 42.8 Å². The third kappa shape index (κ3) is 6.15. The number of para-hydroxylation sites is 2. The second kappa shape index (κ2) is 11.5. The van der Waals surface area contributed by atoms with Crippen LogP contribution in [0.5, 0.6) is 0 Å². The molecule has 1 amide bonds. The van der Waals surface area contributed by atoms with Crippen molar-refractivity contribution in [3.63, 3.8) is 0 Å². The van der Waals surface area contributed by atoms with E-state index in [-0.39, 0.29) is 11.7 Å². The summed E-state index contributed by atoms with van der Waals surface area (Å²) in [6.45, 7) is 3.49. The Morgan fingerprint density at radius 3 is 2.33 bits per heavy atom. The maximum absolute atomic E-state index is 13.1. The van der Waals surface area contributed by atoms with E-state index in [4.69, 9.17) is 4.98 Å². The number of halogens is 1. The van der Waals surface area contributed by atoms with Crippen molar-refractivity contribution in [3.05, 3.63) is 65.7 Å². The Morgan fingerprint density at radius 1 is 0.933 bits per heavy atom. The molecule has 1 N–H and O–H groups in total. The van der Waals surface area contributed by atoms with Gasteiger partial charge in [0.1, 0.15) is 11.6 Å². The molecule has 1 aromatic heterocycles. The summed E-state index contributed by atoms with van der Waals surface area (Å²) in [7, 11) is 0. The first-order valence-electron chi connectivity index (χ1n) is 11.2. The third-order valence-electron chi connectivity index (χ3n) is 5.48. The fourth-order valence-corrected chi connectivity index (χ4v) is 3.78. The van der Waals surface area contributed by atoms with E-state index in [1.807, 2.05) is 18.2 Å². The van der Waals surface area contributed by atoms with Gasteiger partial charge in [0.05, 0.1) is 17.6 Å². The molecule has 0 atom stereocenters. The highest BCUT2D eigenvalue weighted by Crippen LogP contribution is 2.18. The summed E-state index contributed by atoms with van der Waals surface area (Å²) in [5.41, 5.74) is 2.50. The summed E-state index contributed by atoms with van der Waals surface area (Å²) in [6.07, 6.45) is 10.2. The molecule has 0 bridgehead atoms. The Kier molecular flexibility index (Phi) is 8.42. The number of unbranched alkanes of at least 4 members (excludes halogenated alkanes) is 7. The number of aryl methyl sites for hydroxylation is 1. The van der Waals surface area contributed by atoms with Crippen LogP contribution in [0.4, 0.5) is 4.39 Å². The predicted molar refractivity (Wildman–Crippen MR) is 120 cm³/mol. The summed E-state index contributed by atoms with van der Waals surface area (Å²) in [4.78, 5) is 17.1. The molecule has 0 spiro atoms. The van der Waals surface area contributed by atoms with Gasteiger partial charge in [-0.2, -0.15) is 0 Å². The third-order valence-corrected chi connectivity index (χ3v) is 5.48. The molecular weight excluding hydrogens is 377 g/mol. The zero-order chi connectivity index (χ0) is 21.2. The summed E-state index contributed by atoms with van der Waals surface area (Å²) >= 11 is 0. The fourth-order valence-electron chi connectivity index (χ4n) is 3.78. The molecule has 0 fully saturated rings. The van der Waals surface area contributed by atoms with Gasteiger partial charge in [-0.15, -0.1) is 0 Å². The summed E-state index contributed by atoms with van der Waals surface area (Å²) in [5.74, 6) is 0.286. The van der Waals surface area contributed by atoms with Crippen molar-refractivity contribution in [2.75, 3.05) is 0 Å². The van der Waals surface area contributed by atoms with Crippen LogP contribution in [0.1, 0.15) is 74.5 Å². The van der Waals surface area contributed by atoms with E-state index in [1.165, 1.54) is 69.2 Å². The van der Waals surface area contributed by atoms with E-state index in [1.54, 1.807) is 0 Å². The van der Waals surface area contributed by atoms with Crippen molar-refractivity contribution in [1.82, 2.24) is 14.9 Å². The van der Waals surface area contributed by atoms with E-state index in [9.17, 15) is 9.18 Å². The number of amides is 1. The molecular formula is C25H32FN3O. The Balaban J connectivity index is 1.57. The van der Waals surface area contributed by atoms with Crippen LogP contribution in [-0.4, -0.2) is 15.5 Å². The molecule has 1 heterocycles. The topological polar surface area (TPSA) is 46.9 Å². The standard InChI is InChI=1S/C25H32FN3O/c1-2-3-4-5-6-7-8-11-18-29-23-13-10-9-12-22(23)28-24(29)19-27-25(30)20-14-16-21(26)17-15-20/h9-10,12-17H,2-8,11,18-19H2,1H3,(H,27,30). The molecule has 0 aliphatic carbocycles. The van der Waals surface area contributed by atoms with Gasteiger partial charge >= 0.3 is 0 Å². The molecule has 0 radical (unpaired) electrons. The molecule has 4 nitrogen and oxygen atoms in total. The first kappa shape index (κ1) is 22.0. The Morgan fingerprint density at radius 2 is 1.60 bits per heavy atom. The molecule has 0 saturated carbocycles. The number of nitrogens with zero attached hydrogens (tertiary/aromatic N) is 2. The molecule has 5 heteroatoms. The molecule has 0 aliphatic rings. The fraction of sp³-hybridized carbons (Fsp3) is 0.440. The lowest BCUT2D eigenvalue weighted by Gasteiger charge is -2.10. The monoisotopic (exact) mass is 409 g/mol. The van der Waals surface area contributed by atoms with Crippen molar-refractivity contribution in [3.8, 4) is 0 Å². The number of hydrogen-bond acceptors (Lipinski definition) is 2. The Bertz CT molecular complexity index is 933. The second-order valence-corrected chi connectivity index (χ2v) is 7.83. The molecule has 3 aromatic rings. The van der Waals surface area contributed by atoms with E-state index in [2.05, 4.69) is 22.9 Å². The van der Waals surface area contributed by atoms with Gasteiger partial charge in [-0.1, -0.05) is 64.0 Å². The van der Waals surface area contributed by atoms with Crippen LogP contribution in [0.3, 0.4) is 0 Å². The first-order valence-corrected chi connectivity index (χ1v) is 11.2. The first-order chi connectivity index (χ1) is 14.7. The van der Waals surface area contributed by atoms with Gasteiger partial charge in [0.15, 0.2) is 0 Å². The van der Waals surface area contributed by atoms with Gasteiger partial charge in [0.25, 0.3) is 5.91 Å². The maximum atomic E-state index is 13.1. The number of hydrogen-bond donors (Lipinski definition) is 1. The highest BCUT2D eigenvalue weighted by Gasteiger charge is 2.12. The van der Waals surface area contributed by atoms with Gasteiger partial charge in [0, 0.05) is 12.1 Å². The van der Waals surface area contributed by atoms with Gasteiger partial charge in [-0.3, -0.25) is 4.79 Å². The molecule has 3 rings (SSSR count). The summed E-state index contributed by atoms with van der Waals surface area (Å²) in [6, 6.07) is 13.7. The number of carbonyl (C=O) groups is 1. The number of nitrogens with one attached hydrogen (secondary N) is 1. The van der Waals surface area contributed by atoms with Crippen molar-refractivity contribution in [2.45, 2.75) is 71.4 Å². The lowest BCUT2D eigenvalue weighted by Crippen LogP contribution is -2.24. The normalized spacial score (nSPS) is 11.1. The summed E-state index contributed by atoms with van der Waals surface area (Å²) < 4.78 is 15.3. The molecule has 0 aliphatic heterocycles. The number of benzene rings is 2. The number of aromatic nitrogens is 2. The molecule has 30 heavy (non-hydrogen) atoms. The van der Waals surface area contributed by atoms with Crippen LogP contribution in [0, 0.1) is 5.82 Å². The smallest absolute Gasteiger partial charge is 0.251 e. The number of imidazole rings is 1. The zero-order valence-electron chi connectivity index (χ0n) is 17.9. The van der Waals surface area contributed by atoms with E-state index >= 15 is 0 Å². The Labute approximate surface area is 178 Å². The van der Waals surface area contributed by atoms with Crippen molar-refractivity contribution in [1.29, 1.82) is 0 Å². The minimum Gasteiger partial charge on any atom is -0.345 e. The average Bonchev–Trinajstić information content (AvgIpc) is 3.12. The molecule has 0 saturated heterocycles. The molecule has 160 valence electrons. The predicted octanol–water partition coefficient (Wildman–Crippen LogP) is 6.25. The van der Waals surface area contributed by atoms with Crippen molar-refractivity contribution >= 4 is 16.9 Å². The van der Waals surface area contributed by atoms with Crippen LogP contribution in [0.25, 0.3) is 11.0 Å². The van der Waals surface area contributed by atoms with Gasteiger partial charge in [-0.25, -0.2) is 9.37 Å². The van der Waals surface area contributed by atoms with Crippen LogP contribution >= 0.6 is 0 Å². The van der Waals surface area contributed by atoms with Crippen LogP contribution in [-0.2, 0) is 13.1 Å². The summed E-state index contributed by atoms with van der Waals surface area (Å²) in [5, 5.41) is 2.92. The highest BCUT2D eigenvalue weighted by molar-refractivity contribution is 5.94. The molecule has 0 unspecified atom stereocenters.